The topological polar surface area (TPSA) is 94.2 Å². The largest absolute Gasteiger partial charge is 0.493 e. The quantitative estimate of drug-likeness (QED) is 0.485. The number of amides is 1. The number of para-hydroxylation sites is 1. The van der Waals surface area contributed by atoms with E-state index in [1.54, 1.807) is 36.4 Å². The number of sulfonamides is 1. The smallest absolute Gasteiger partial charge is 0.264 e. The fourth-order valence-corrected chi connectivity index (χ4v) is 5.75. The molecule has 9 heteroatoms. The molecule has 0 saturated heterocycles. The number of methoxy groups -OCH3 is 2. The molecule has 0 saturated carbocycles. The summed E-state index contributed by atoms with van der Waals surface area (Å²) in [5, 5.41) is 3.02. The minimum atomic E-state index is -4.07. The van der Waals surface area contributed by atoms with E-state index < -0.39 is 28.1 Å². The third-order valence-electron chi connectivity index (χ3n) is 5.99. The first-order valence-electron chi connectivity index (χ1n) is 11.5. The highest BCUT2D eigenvalue weighted by Crippen LogP contribution is 2.39. The third kappa shape index (κ3) is 5.26. The maximum atomic E-state index is 13.7. The van der Waals surface area contributed by atoms with Gasteiger partial charge in [-0.2, -0.15) is 0 Å². The number of carbonyl (C=O) groups excluding carboxylic acids is 1. The first-order chi connectivity index (χ1) is 17.1. The minimum absolute atomic E-state index is 0.0742. The van der Waals surface area contributed by atoms with Crippen molar-refractivity contribution in [2.24, 2.45) is 0 Å². The van der Waals surface area contributed by atoms with Gasteiger partial charge in [0.05, 0.1) is 30.8 Å². The molecule has 0 aliphatic carbocycles. The maximum Gasteiger partial charge on any atom is 0.264 e. The van der Waals surface area contributed by atoms with E-state index in [-0.39, 0.29) is 16.6 Å². The van der Waals surface area contributed by atoms with Crippen molar-refractivity contribution in [2.75, 3.05) is 25.1 Å². The van der Waals surface area contributed by atoms with Gasteiger partial charge in [-0.05, 0) is 44.2 Å². The van der Waals surface area contributed by atoms with Gasteiger partial charge in [-0.1, -0.05) is 36.4 Å². The Morgan fingerprint density at radius 2 is 1.67 bits per heavy atom. The van der Waals surface area contributed by atoms with Gasteiger partial charge in [0.1, 0.15) is 17.9 Å². The molecule has 0 radical (unpaired) electrons. The van der Waals surface area contributed by atoms with Crippen LogP contribution < -0.4 is 23.8 Å². The molecule has 8 nitrogen and oxygen atoms in total. The Hall–Kier alpha value is -3.72. The molecule has 1 atom stereocenters. The second-order valence-corrected chi connectivity index (χ2v) is 11.0. The molecular formula is C27H30N2O6S. The van der Waals surface area contributed by atoms with Gasteiger partial charge in [0.25, 0.3) is 10.0 Å². The van der Waals surface area contributed by atoms with Gasteiger partial charge in [-0.3, -0.25) is 9.10 Å². The second-order valence-electron chi connectivity index (χ2n) is 9.09. The number of carbonyl (C=O) groups is 1. The van der Waals surface area contributed by atoms with E-state index in [1.165, 1.54) is 26.4 Å². The number of nitrogens with one attached hydrogen (secondary N) is 1. The number of nitrogens with zero attached hydrogens (tertiary/aromatic N) is 1. The first kappa shape index (κ1) is 25.4. The Balaban J connectivity index is 1.68. The molecule has 1 unspecified atom stereocenters. The molecule has 3 aromatic carbocycles. The summed E-state index contributed by atoms with van der Waals surface area (Å²) in [5.41, 5.74) is 0.638. The van der Waals surface area contributed by atoms with Crippen LogP contribution in [0.4, 0.5) is 5.69 Å². The average Bonchev–Trinajstić information content (AvgIpc) is 2.86. The van der Waals surface area contributed by atoms with Crippen LogP contribution in [0.5, 0.6) is 17.2 Å². The lowest BCUT2D eigenvalue weighted by molar-refractivity contribution is -0.120. The molecule has 0 bridgehead atoms. The summed E-state index contributed by atoms with van der Waals surface area (Å²) < 4.78 is 45.1. The van der Waals surface area contributed by atoms with Gasteiger partial charge < -0.3 is 19.5 Å². The van der Waals surface area contributed by atoms with Crippen molar-refractivity contribution in [3.63, 3.8) is 0 Å². The SMILES string of the molecule is COc1ccc(N(CC(=O)NC2CC(C)(C)Oc3ccccc32)S(=O)(=O)c2ccccc2)cc1OC. The van der Waals surface area contributed by atoms with Gasteiger partial charge in [-0.25, -0.2) is 8.42 Å². The van der Waals surface area contributed by atoms with Crippen LogP contribution in [-0.4, -0.2) is 40.7 Å². The lowest BCUT2D eigenvalue weighted by Gasteiger charge is -2.38. The molecule has 0 aromatic heterocycles. The Bertz CT molecular complexity index is 1340. The highest BCUT2D eigenvalue weighted by molar-refractivity contribution is 7.92. The predicted octanol–water partition coefficient (Wildman–Crippen LogP) is 4.32. The number of anilines is 1. The van der Waals surface area contributed by atoms with Crippen molar-refractivity contribution in [1.82, 2.24) is 5.32 Å². The number of hydrogen-bond donors (Lipinski definition) is 1. The zero-order valence-corrected chi connectivity index (χ0v) is 21.5. The van der Waals surface area contributed by atoms with Crippen LogP contribution in [0.1, 0.15) is 31.9 Å². The molecule has 1 N–H and O–H groups in total. The number of rotatable bonds is 8. The summed E-state index contributed by atoms with van der Waals surface area (Å²) in [5.74, 6) is 1.06. The van der Waals surface area contributed by atoms with Crippen molar-refractivity contribution in [2.45, 2.75) is 36.8 Å². The van der Waals surface area contributed by atoms with Gasteiger partial charge in [0.15, 0.2) is 11.5 Å². The highest BCUT2D eigenvalue weighted by atomic mass is 32.2. The average molecular weight is 511 g/mol. The fourth-order valence-electron chi connectivity index (χ4n) is 4.32. The molecule has 190 valence electrons. The molecular weight excluding hydrogens is 480 g/mol. The lowest BCUT2D eigenvalue weighted by Crippen LogP contribution is -2.45. The normalized spacial score (nSPS) is 16.3. The van der Waals surface area contributed by atoms with Crippen LogP contribution in [0.25, 0.3) is 0 Å². The van der Waals surface area contributed by atoms with E-state index in [0.29, 0.717) is 23.7 Å². The van der Waals surface area contributed by atoms with E-state index in [9.17, 15) is 13.2 Å². The number of hydrogen-bond acceptors (Lipinski definition) is 6. The summed E-state index contributed by atoms with van der Waals surface area (Å²) in [6.07, 6.45) is 0.539. The van der Waals surface area contributed by atoms with Crippen LogP contribution in [0.15, 0.2) is 77.7 Å². The monoisotopic (exact) mass is 510 g/mol. The van der Waals surface area contributed by atoms with Crippen LogP contribution in [0.2, 0.25) is 0 Å². The van der Waals surface area contributed by atoms with Crippen molar-refractivity contribution in [3.05, 3.63) is 78.4 Å². The zero-order valence-electron chi connectivity index (χ0n) is 20.7. The van der Waals surface area contributed by atoms with E-state index in [1.807, 2.05) is 38.1 Å². The van der Waals surface area contributed by atoms with Crippen LogP contribution in [0.3, 0.4) is 0 Å². The molecule has 0 spiro atoms. The standard InChI is InChI=1S/C27H30N2O6S/c1-27(2)17-22(21-12-8-9-13-23(21)35-27)28-26(30)18-29(36(31,32)20-10-6-5-7-11-20)19-14-15-24(33-3)25(16-19)34-4/h5-16,22H,17-18H2,1-4H3,(H,28,30). The summed E-state index contributed by atoms with van der Waals surface area (Å²) in [6.45, 7) is 3.49. The number of benzene rings is 3. The summed E-state index contributed by atoms with van der Waals surface area (Å²) in [7, 11) is -1.10. The molecule has 1 aliphatic rings. The molecule has 3 aromatic rings. The maximum absolute atomic E-state index is 13.7. The van der Waals surface area contributed by atoms with E-state index in [2.05, 4.69) is 5.32 Å². The predicted molar refractivity (Wildman–Crippen MR) is 137 cm³/mol. The Morgan fingerprint density at radius 1 is 1.00 bits per heavy atom. The second kappa shape index (κ2) is 10.1. The van der Waals surface area contributed by atoms with Crippen LogP contribution in [-0.2, 0) is 14.8 Å². The Kier molecular flexibility index (Phi) is 7.12. The summed E-state index contributed by atoms with van der Waals surface area (Å²) in [6, 6.07) is 19.9. The molecule has 0 fully saturated rings. The first-order valence-corrected chi connectivity index (χ1v) is 13.0. The van der Waals surface area contributed by atoms with Crippen molar-refractivity contribution >= 4 is 21.6 Å². The summed E-state index contributed by atoms with van der Waals surface area (Å²) >= 11 is 0. The Morgan fingerprint density at radius 3 is 2.36 bits per heavy atom. The van der Waals surface area contributed by atoms with Crippen molar-refractivity contribution in [3.8, 4) is 17.2 Å². The van der Waals surface area contributed by atoms with Crippen molar-refractivity contribution < 1.29 is 27.4 Å². The van der Waals surface area contributed by atoms with E-state index in [0.717, 1.165) is 9.87 Å². The lowest BCUT2D eigenvalue weighted by atomic mass is 9.89. The molecule has 4 rings (SSSR count). The van der Waals surface area contributed by atoms with Gasteiger partial charge in [0.2, 0.25) is 5.91 Å². The third-order valence-corrected chi connectivity index (χ3v) is 7.77. The highest BCUT2D eigenvalue weighted by Gasteiger charge is 2.35. The number of ether oxygens (including phenoxy) is 3. The van der Waals surface area contributed by atoms with Crippen LogP contribution in [0, 0.1) is 0 Å². The Labute approximate surface area is 211 Å². The summed E-state index contributed by atoms with van der Waals surface area (Å²) in [4.78, 5) is 13.4. The van der Waals surface area contributed by atoms with Crippen LogP contribution >= 0.6 is 0 Å². The number of fused-ring (bicyclic) bond motifs is 1. The molecule has 1 amide bonds. The van der Waals surface area contributed by atoms with E-state index >= 15 is 0 Å². The minimum Gasteiger partial charge on any atom is -0.493 e. The van der Waals surface area contributed by atoms with Gasteiger partial charge >= 0.3 is 0 Å². The fraction of sp³-hybridized carbons (Fsp3) is 0.296. The van der Waals surface area contributed by atoms with Gasteiger partial charge in [0, 0.05) is 18.1 Å². The van der Waals surface area contributed by atoms with Crippen molar-refractivity contribution in [1.29, 1.82) is 0 Å². The molecule has 1 heterocycles. The van der Waals surface area contributed by atoms with Gasteiger partial charge in [-0.15, -0.1) is 0 Å². The molecule has 36 heavy (non-hydrogen) atoms. The zero-order chi connectivity index (χ0) is 25.9. The van der Waals surface area contributed by atoms with E-state index in [4.69, 9.17) is 14.2 Å². The molecule has 1 aliphatic heterocycles.